The van der Waals surface area contributed by atoms with Gasteiger partial charge in [0.2, 0.25) is 0 Å². The molecule has 0 bridgehead atoms. The van der Waals surface area contributed by atoms with Crippen molar-refractivity contribution in [2.24, 2.45) is 0 Å². The molecule has 0 atom stereocenters. The van der Waals surface area contributed by atoms with E-state index in [-0.39, 0.29) is 0 Å². The van der Waals surface area contributed by atoms with Crippen molar-refractivity contribution in [3.63, 3.8) is 0 Å². The van der Waals surface area contributed by atoms with Crippen molar-refractivity contribution in [2.45, 2.75) is 32.4 Å². The minimum absolute atomic E-state index is 0.384. The van der Waals surface area contributed by atoms with Crippen LogP contribution in [0.5, 0.6) is 5.75 Å². The molecular weight excluding hydrogens is 242 g/mol. The van der Waals surface area contributed by atoms with Crippen LogP contribution in [0.15, 0.2) is 24.3 Å². The summed E-state index contributed by atoms with van der Waals surface area (Å²) >= 11 is 0. The number of carbonyl (C=O) groups excluding carboxylic acids is 1. The Morgan fingerprint density at radius 3 is 3.16 bits per heavy atom. The van der Waals surface area contributed by atoms with E-state index in [1.807, 2.05) is 6.07 Å². The quantitative estimate of drug-likeness (QED) is 0.786. The van der Waals surface area contributed by atoms with Gasteiger partial charge in [0.05, 0.1) is 0 Å². The summed E-state index contributed by atoms with van der Waals surface area (Å²) in [7, 11) is 0. The van der Waals surface area contributed by atoms with Gasteiger partial charge in [-0.15, -0.1) is 10.2 Å². The van der Waals surface area contributed by atoms with Crippen molar-refractivity contribution >= 4 is 6.29 Å². The number of fused-ring (bicyclic) bond motifs is 1. The number of aryl methyl sites for hydroxylation is 1. The van der Waals surface area contributed by atoms with Gasteiger partial charge in [0.1, 0.15) is 24.5 Å². The van der Waals surface area contributed by atoms with E-state index in [9.17, 15) is 4.79 Å². The molecule has 0 unspecified atom stereocenters. The minimum Gasteiger partial charge on any atom is -0.486 e. The fraction of sp³-hybridized carbons (Fsp3) is 0.357. The van der Waals surface area contributed by atoms with Crippen molar-refractivity contribution in [2.75, 3.05) is 0 Å². The molecule has 1 aromatic carbocycles. The van der Waals surface area contributed by atoms with Crippen LogP contribution in [0.25, 0.3) is 0 Å². The molecule has 1 aliphatic heterocycles. The summed E-state index contributed by atoms with van der Waals surface area (Å²) in [6, 6.07) is 7.11. The van der Waals surface area contributed by atoms with E-state index in [4.69, 9.17) is 4.74 Å². The lowest BCUT2D eigenvalue weighted by Crippen LogP contribution is -2.14. The van der Waals surface area contributed by atoms with Gasteiger partial charge in [-0.3, -0.25) is 4.79 Å². The highest BCUT2D eigenvalue weighted by molar-refractivity contribution is 5.75. The van der Waals surface area contributed by atoms with Crippen LogP contribution in [-0.2, 0) is 19.6 Å². The van der Waals surface area contributed by atoms with Crippen LogP contribution in [0, 0.1) is 0 Å². The first-order valence-corrected chi connectivity index (χ1v) is 6.46. The number of nitrogens with zero attached hydrogens (tertiary/aromatic N) is 3. The van der Waals surface area contributed by atoms with Crippen LogP contribution in [0.2, 0.25) is 0 Å². The number of aldehydes is 1. The van der Waals surface area contributed by atoms with E-state index in [1.165, 1.54) is 12.8 Å². The first-order valence-electron chi connectivity index (χ1n) is 6.46. The topological polar surface area (TPSA) is 57.0 Å². The third-order valence-corrected chi connectivity index (χ3v) is 3.30. The average Bonchev–Trinajstić information content (AvgIpc) is 2.89. The van der Waals surface area contributed by atoms with Crippen molar-refractivity contribution in [1.82, 2.24) is 14.8 Å². The fourth-order valence-electron chi connectivity index (χ4n) is 2.30. The van der Waals surface area contributed by atoms with Gasteiger partial charge in [-0.05, 0) is 25.0 Å². The molecule has 5 heteroatoms. The maximum Gasteiger partial charge on any atom is 0.171 e. The lowest BCUT2D eigenvalue weighted by molar-refractivity contribution is 0.112. The van der Waals surface area contributed by atoms with E-state index in [1.54, 1.807) is 18.2 Å². The Labute approximate surface area is 111 Å². The molecule has 0 saturated carbocycles. The Morgan fingerprint density at radius 2 is 2.26 bits per heavy atom. The number of aromatic nitrogens is 3. The molecule has 0 amide bonds. The molecule has 0 fully saturated rings. The van der Waals surface area contributed by atoms with Gasteiger partial charge in [0.25, 0.3) is 0 Å². The molecule has 0 N–H and O–H groups in total. The Hall–Kier alpha value is -2.17. The SMILES string of the molecule is O=Cc1cccc(OCc2nnc3n2CCCC3)c1. The van der Waals surface area contributed by atoms with E-state index < -0.39 is 0 Å². The van der Waals surface area contributed by atoms with E-state index in [0.29, 0.717) is 17.9 Å². The summed E-state index contributed by atoms with van der Waals surface area (Å²) in [4.78, 5) is 10.7. The second-order valence-corrected chi connectivity index (χ2v) is 4.62. The number of hydrogen-bond acceptors (Lipinski definition) is 4. The first-order chi connectivity index (χ1) is 9.36. The van der Waals surface area contributed by atoms with Crippen LogP contribution >= 0.6 is 0 Å². The van der Waals surface area contributed by atoms with Gasteiger partial charge >= 0.3 is 0 Å². The zero-order valence-corrected chi connectivity index (χ0v) is 10.6. The summed E-state index contributed by atoms with van der Waals surface area (Å²) in [6.07, 6.45) is 4.15. The molecular formula is C14H15N3O2. The van der Waals surface area contributed by atoms with Gasteiger partial charge in [0.15, 0.2) is 5.82 Å². The summed E-state index contributed by atoms with van der Waals surface area (Å²) < 4.78 is 7.81. The molecule has 3 rings (SSSR count). The third-order valence-electron chi connectivity index (χ3n) is 3.30. The Morgan fingerprint density at radius 1 is 1.32 bits per heavy atom. The van der Waals surface area contributed by atoms with Gasteiger partial charge < -0.3 is 9.30 Å². The molecule has 0 aliphatic carbocycles. The van der Waals surface area contributed by atoms with Crippen molar-refractivity contribution < 1.29 is 9.53 Å². The molecule has 2 heterocycles. The summed E-state index contributed by atoms with van der Waals surface area (Å²) in [6.45, 7) is 1.35. The molecule has 1 aromatic heterocycles. The minimum atomic E-state index is 0.384. The number of rotatable bonds is 4. The van der Waals surface area contributed by atoms with Crippen molar-refractivity contribution in [3.8, 4) is 5.75 Å². The van der Waals surface area contributed by atoms with Crippen LogP contribution in [-0.4, -0.2) is 21.1 Å². The van der Waals surface area contributed by atoms with Gasteiger partial charge in [-0.25, -0.2) is 0 Å². The second kappa shape index (κ2) is 5.22. The maximum atomic E-state index is 10.7. The standard InChI is InChI=1S/C14H15N3O2/c18-9-11-4-3-5-12(8-11)19-10-14-16-15-13-6-1-2-7-17(13)14/h3-5,8-9H,1-2,6-7,10H2. The lowest BCUT2D eigenvalue weighted by atomic mass is 10.2. The highest BCUT2D eigenvalue weighted by Crippen LogP contribution is 2.17. The first kappa shape index (κ1) is 11.9. The summed E-state index contributed by atoms with van der Waals surface area (Å²) in [5.41, 5.74) is 0.612. The van der Waals surface area contributed by atoms with Crippen LogP contribution in [0.3, 0.4) is 0 Å². The molecule has 2 aromatic rings. The molecule has 5 nitrogen and oxygen atoms in total. The van der Waals surface area contributed by atoms with Crippen LogP contribution in [0.1, 0.15) is 34.8 Å². The smallest absolute Gasteiger partial charge is 0.171 e. The fourth-order valence-corrected chi connectivity index (χ4v) is 2.30. The van der Waals surface area contributed by atoms with Crippen molar-refractivity contribution in [3.05, 3.63) is 41.5 Å². The normalized spacial score (nSPS) is 13.9. The van der Waals surface area contributed by atoms with E-state index in [2.05, 4.69) is 14.8 Å². The average molecular weight is 257 g/mol. The van der Waals surface area contributed by atoms with Gasteiger partial charge in [0, 0.05) is 18.5 Å². The largest absolute Gasteiger partial charge is 0.486 e. The molecule has 0 saturated heterocycles. The molecule has 19 heavy (non-hydrogen) atoms. The predicted octanol–water partition coefficient (Wildman–Crippen LogP) is 2.01. The highest BCUT2D eigenvalue weighted by Gasteiger charge is 2.15. The van der Waals surface area contributed by atoms with Gasteiger partial charge in [-0.2, -0.15) is 0 Å². The summed E-state index contributed by atoms with van der Waals surface area (Å²) in [5.74, 6) is 2.58. The molecule has 98 valence electrons. The third kappa shape index (κ3) is 2.50. The monoisotopic (exact) mass is 257 g/mol. The summed E-state index contributed by atoms with van der Waals surface area (Å²) in [5, 5.41) is 8.35. The number of ether oxygens (including phenoxy) is 1. The number of hydrogen-bond donors (Lipinski definition) is 0. The Balaban J connectivity index is 1.72. The van der Waals surface area contributed by atoms with Crippen LogP contribution < -0.4 is 4.74 Å². The zero-order valence-electron chi connectivity index (χ0n) is 10.6. The Bertz CT molecular complexity index is 592. The second-order valence-electron chi connectivity index (χ2n) is 4.62. The van der Waals surface area contributed by atoms with Crippen LogP contribution in [0.4, 0.5) is 0 Å². The Kier molecular flexibility index (Phi) is 3.27. The number of benzene rings is 1. The molecule has 1 aliphatic rings. The van der Waals surface area contributed by atoms with Crippen molar-refractivity contribution in [1.29, 1.82) is 0 Å². The van der Waals surface area contributed by atoms with E-state index >= 15 is 0 Å². The predicted molar refractivity (Wildman–Crippen MR) is 69.1 cm³/mol. The lowest BCUT2D eigenvalue weighted by Gasteiger charge is -2.14. The highest BCUT2D eigenvalue weighted by atomic mass is 16.5. The van der Waals surface area contributed by atoms with E-state index in [0.717, 1.165) is 30.9 Å². The maximum absolute atomic E-state index is 10.7. The molecule has 0 spiro atoms. The zero-order chi connectivity index (χ0) is 13.1. The van der Waals surface area contributed by atoms with Gasteiger partial charge in [-0.1, -0.05) is 12.1 Å². The number of carbonyl (C=O) groups is 1. The molecule has 0 radical (unpaired) electrons.